The van der Waals surface area contributed by atoms with Gasteiger partial charge in [-0.05, 0) is 30.3 Å². The van der Waals surface area contributed by atoms with E-state index < -0.39 is 27.6 Å². The van der Waals surface area contributed by atoms with E-state index in [4.69, 9.17) is 7.85 Å². The molecule has 28 heavy (non-hydrogen) atoms. The molecule has 0 aliphatic carbocycles. The molecule has 0 unspecified atom stereocenters. The van der Waals surface area contributed by atoms with Gasteiger partial charge in [-0.1, -0.05) is 35.8 Å². The standard InChI is InChI=1S/C19H13BF2N2O3S/c20-12-6-9-18(24-28(26,27)14-4-2-1-3-5-14)15(10-12)19(25)23-13-7-8-16(21)17(22)11-13/h1-11,24H,(H,23,25). The van der Waals surface area contributed by atoms with Gasteiger partial charge in [-0.25, -0.2) is 17.2 Å². The van der Waals surface area contributed by atoms with E-state index in [1.54, 1.807) is 18.2 Å². The van der Waals surface area contributed by atoms with Crippen LogP contribution in [0.4, 0.5) is 20.2 Å². The van der Waals surface area contributed by atoms with Crippen LogP contribution < -0.4 is 15.5 Å². The highest BCUT2D eigenvalue weighted by atomic mass is 32.2. The molecule has 0 saturated heterocycles. The summed E-state index contributed by atoms with van der Waals surface area (Å²) in [5, 5.41) is 2.38. The van der Waals surface area contributed by atoms with E-state index in [0.29, 0.717) is 0 Å². The van der Waals surface area contributed by atoms with Crippen LogP contribution in [0.5, 0.6) is 0 Å². The van der Waals surface area contributed by atoms with Gasteiger partial charge in [0, 0.05) is 11.8 Å². The molecule has 0 aliphatic rings. The highest BCUT2D eigenvalue weighted by Crippen LogP contribution is 2.21. The van der Waals surface area contributed by atoms with E-state index in [1.807, 2.05) is 0 Å². The molecular formula is C19H13BF2N2O3S. The molecule has 0 spiro atoms. The number of nitrogens with one attached hydrogen (secondary N) is 2. The summed E-state index contributed by atoms with van der Waals surface area (Å²) in [6, 6.07) is 14.5. The van der Waals surface area contributed by atoms with Crippen LogP contribution in [-0.2, 0) is 10.0 Å². The van der Waals surface area contributed by atoms with Gasteiger partial charge in [-0.3, -0.25) is 9.52 Å². The molecule has 9 heteroatoms. The van der Waals surface area contributed by atoms with Crippen LogP contribution in [0.1, 0.15) is 10.4 Å². The van der Waals surface area contributed by atoms with E-state index in [2.05, 4.69) is 10.0 Å². The average molecular weight is 398 g/mol. The van der Waals surface area contributed by atoms with Crippen LogP contribution in [0.25, 0.3) is 0 Å². The first-order valence-corrected chi connectivity index (χ1v) is 9.48. The molecule has 1 amide bonds. The van der Waals surface area contributed by atoms with Gasteiger partial charge in [0.15, 0.2) is 11.6 Å². The van der Waals surface area contributed by atoms with E-state index in [0.717, 1.165) is 12.1 Å². The first-order valence-electron chi connectivity index (χ1n) is 8.00. The molecule has 0 saturated carbocycles. The minimum Gasteiger partial charge on any atom is -0.322 e. The predicted molar refractivity (Wildman–Crippen MR) is 103 cm³/mol. The Bertz CT molecular complexity index is 1140. The summed E-state index contributed by atoms with van der Waals surface area (Å²) < 4.78 is 53.8. The highest BCUT2D eigenvalue weighted by Gasteiger charge is 2.19. The smallest absolute Gasteiger partial charge is 0.261 e. The summed E-state index contributed by atoms with van der Waals surface area (Å²) in [4.78, 5) is 12.6. The van der Waals surface area contributed by atoms with Crippen LogP contribution in [0, 0.1) is 11.6 Å². The maximum atomic E-state index is 13.3. The molecule has 2 radical (unpaired) electrons. The second-order valence-electron chi connectivity index (χ2n) is 5.81. The zero-order valence-electron chi connectivity index (χ0n) is 14.3. The number of halogens is 2. The molecule has 0 aliphatic heterocycles. The van der Waals surface area contributed by atoms with Gasteiger partial charge in [0.25, 0.3) is 15.9 Å². The second kappa shape index (κ2) is 7.81. The Morgan fingerprint density at radius 1 is 0.893 bits per heavy atom. The number of benzene rings is 3. The fraction of sp³-hybridized carbons (Fsp3) is 0. The van der Waals surface area contributed by atoms with Crippen LogP contribution >= 0.6 is 0 Å². The first-order chi connectivity index (χ1) is 13.3. The van der Waals surface area contributed by atoms with Crippen molar-refractivity contribution in [2.45, 2.75) is 4.90 Å². The number of amides is 1. The van der Waals surface area contributed by atoms with Gasteiger partial charge < -0.3 is 5.32 Å². The van der Waals surface area contributed by atoms with Crippen molar-refractivity contribution in [2.24, 2.45) is 0 Å². The molecule has 0 bridgehead atoms. The normalized spacial score (nSPS) is 11.1. The molecule has 140 valence electrons. The average Bonchev–Trinajstić information content (AvgIpc) is 2.66. The van der Waals surface area contributed by atoms with Crippen LogP contribution in [0.3, 0.4) is 0 Å². The lowest BCUT2D eigenvalue weighted by Crippen LogP contribution is -2.21. The van der Waals surface area contributed by atoms with E-state index >= 15 is 0 Å². The SMILES string of the molecule is [B]c1ccc(NS(=O)(=O)c2ccccc2)c(C(=O)Nc2ccc(F)c(F)c2)c1. The molecule has 0 aromatic heterocycles. The zero-order valence-corrected chi connectivity index (χ0v) is 15.1. The summed E-state index contributed by atoms with van der Waals surface area (Å²) in [5.74, 6) is -2.93. The summed E-state index contributed by atoms with van der Waals surface area (Å²) in [6.07, 6.45) is 0. The molecule has 3 aromatic carbocycles. The Balaban J connectivity index is 1.92. The summed E-state index contributed by atoms with van der Waals surface area (Å²) in [6.45, 7) is 0. The summed E-state index contributed by atoms with van der Waals surface area (Å²) in [5.41, 5.74) is 0.128. The number of hydrogen-bond acceptors (Lipinski definition) is 3. The summed E-state index contributed by atoms with van der Waals surface area (Å²) >= 11 is 0. The molecular weight excluding hydrogens is 385 g/mol. The van der Waals surface area contributed by atoms with Gasteiger partial charge in [0.1, 0.15) is 7.85 Å². The molecule has 3 rings (SSSR count). The molecule has 3 aromatic rings. The van der Waals surface area contributed by atoms with Crippen molar-refractivity contribution in [3.05, 3.63) is 83.9 Å². The Kier molecular flexibility index (Phi) is 5.46. The first kappa shape index (κ1) is 19.6. The van der Waals surface area contributed by atoms with Crippen molar-refractivity contribution in [3.8, 4) is 0 Å². The lowest BCUT2D eigenvalue weighted by atomic mass is 9.93. The van der Waals surface area contributed by atoms with E-state index in [1.165, 1.54) is 36.4 Å². The van der Waals surface area contributed by atoms with Crippen molar-refractivity contribution >= 4 is 40.6 Å². The number of carbonyl (C=O) groups excluding carboxylic acids is 1. The zero-order chi connectivity index (χ0) is 20.3. The maximum Gasteiger partial charge on any atom is 0.261 e. The van der Waals surface area contributed by atoms with Crippen LogP contribution in [0.15, 0.2) is 71.6 Å². The van der Waals surface area contributed by atoms with Crippen molar-refractivity contribution in [3.63, 3.8) is 0 Å². The number of carbonyl (C=O) groups is 1. The number of rotatable bonds is 5. The van der Waals surface area contributed by atoms with Gasteiger partial charge >= 0.3 is 0 Å². The predicted octanol–water partition coefficient (Wildman–Crippen LogP) is 2.81. The molecule has 0 heterocycles. The lowest BCUT2D eigenvalue weighted by molar-refractivity contribution is 0.102. The number of hydrogen-bond donors (Lipinski definition) is 2. The second-order valence-corrected chi connectivity index (χ2v) is 7.49. The quantitative estimate of drug-likeness (QED) is 0.650. The lowest BCUT2D eigenvalue weighted by Gasteiger charge is -2.14. The van der Waals surface area contributed by atoms with Crippen molar-refractivity contribution in [2.75, 3.05) is 10.0 Å². The van der Waals surface area contributed by atoms with Gasteiger partial charge in [-0.2, -0.15) is 0 Å². The number of sulfonamides is 1. The number of anilines is 2. The topological polar surface area (TPSA) is 75.3 Å². The molecule has 0 atom stereocenters. The monoisotopic (exact) mass is 398 g/mol. The van der Waals surface area contributed by atoms with Crippen LogP contribution in [0.2, 0.25) is 0 Å². The minimum atomic E-state index is -3.95. The van der Waals surface area contributed by atoms with Crippen molar-refractivity contribution < 1.29 is 22.0 Å². The Morgan fingerprint density at radius 3 is 2.29 bits per heavy atom. The van der Waals surface area contributed by atoms with Gasteiger partial charge in [0.2, 0.25) is 0 Å². The van der Waals surface area contributed by atoms with Crippen molar-refractivity contribution in [1.82, 2.24) is 0 Å². The fourth-order valence-electron chi connectivity index (χ4n) is 2.41. The van der Waals surface area contributed by atoms with Crippen molar-refractivity contribution in [1.29, 1.82) is 0 Å². The maximum absolute atomic E-state index is 13.3. The van der Waals surface area contributed by atoms with E-state index in [-0.39, 0.29) is 27.3 Å². The van der Waals surface area contributed by atoms with Gasteiger partial charge in [-0.15, -0.1) is 0 Å². The van der Waals surface area contributed by atoms with E-state index in [9.17, 15) is 22.0 Å². The third kappa shape index (κ3) is 4.37. The van der Waals surface area contributed by atoms with Gasteiger partial charge in [0.05, 0.1) is 16.1 Å². The highest BCUT2D eigenvalue weighted by molar-refractivity contribution is 7.92. The third-order valence-electron chi connectivity index (χ3n) is 3.76. The summed E-state index contributed by atoms with van der Waals surface area (Å²) in [7, 11) is 1.76. The molecule has 5 nitrogen and oxygen atoms in total. The molecule has 0 fully saturated rings. The molecule has 2 N–H and O–H groups in total. The third-order valence-corrected chi connectivity index (χ3v) is 5.14. The minimum absolute atomic E-state index is 0.00295. The largest absolute Gasteiger partial charge is 0.322 e. The Labute approximate surface area is 161 Å². The van der Waals surface area contributed by atoms with Crippen LogP contribution in [-0.4, -0.2) is 22.2 Å². The Morgan fingerprint density at radius 2 is 1.61 bits per heavy atom. The fourth-order valence-corrected chi connectivity index (χ4v) is 3.52. The Hall–Kier alpha value is -3.20.